The van der Waals surface area contributed by atoms with Crippen molar-refractivity contribution < 1.29 is 13.6 Å². The first-order valence-electron chi connectivity index (χ1n) is 7.74. The molecule has 1 aromatic carbocycles. The highest BCUT2D eigenvalue weighted by Gasteiger charge is 2.11. The van der Waals surface area contributed by atoms with Gasteiger partial charge in [-0.05, 0) is 30.3 Å². The number of furan rings is 1. The number of aromatic nitrogens is 3. The number of halogens is 1. The molecule has 138 valence electrons. The van der Waals surface area contributed by atoms with Gasteiger partial charge in [-0.2, -0.15) is 0 Å². The van der Waals surface area contributed by atoms with E-state index in [0.717, 1.165) is 5.76 Å². The zero-order valence-electron chi connectivity index (χ0n) is 13.6. The Labute approximate surface area is 165 Å². The highest BCUT2D eigenvalue weighted by molar-refractivity contribution is 8.01. The fourth-order valence-electron chi connectivity index (χ4n) is 2.15. The monoisotopic (exact) mass is 421 g/mol. The van der Waals surface area contributed by atoms with Crippen molar-refractivity contribution in [3.63, 3.8) is 0 Å². The van der Waals surface area contributed by atoms with Gasteiger partial charge in [-0.1, -0.05) is 34.4 Å². The number of fused-ring (bicyclic) bond motifs is 1. The van der Waals surface area contributed by atoms with Gasteiger partial charge in [0.15, 0.2) is 9.47 Å². The smallest absolute Gasteiger partial charge is 0.236 e. The minimum absolute atomic E-state index is 0.178. The quantitative estimate of drug-likeness (QED) is 0.432. The highest BCUT2D eigenvalue weighted by atomic mass is 32.2. The molecular formula is C16H12FN5O2S3. The molecule has 0 fully saturated rings. The number of carbonyl (C=O) groups excluding carboxylic acids is 1. The second-order valence-electron chi connectivity index (χ2n) is 5.27. The van der Waals surface area contributed by atoms with Gasteiger partial charge in [0.25, 0.3) is 0 Å². The number of thiazole rings is 1. The summed E-state index contributed by atoms with van der Waals surface area (Å²) in [5, 5.41) is 15.0. The van der Waals surface area contributed by atoms with E-state index in [1.54, 1.807) is 12.3 Å². The van der Waals surface area contributed by atoms with Gasteiger partial charge in [-0.25, -0.2) is 9.37 Å². The number of benzene rings is 1. The van der Waals surface area contributed by atoms with E-state index in [2.05, 4.69) is 25.8 Å². The molecule has 0 spiro atoms. The summed E-state index contributed by atoms with van der Waals surface area (Å²) < 4.78 is 19.8. The Morgan fingerprint density at radius 2 is 2.15 bits per heavy atom. The summed E-state index contributed by atoms with van der Waals surface area (Å²) in [4.78, 5) is 16.4. The van der Waals surface area contributed by atoms with Crippen molar-refractivity contribution in [3.05, 3.63) is 48.2 Å². The summed E-state index contributed by atoms with van der Waals surface area (Å²) in [6.45, 7) is 0.519. The maximum atomic E-state index is 13.2. The first-order chi connectivity index (χ1) is 13.2. The molecule has 0 unspecified atom stereocenters. The van der Waals surface area contributed by atoms with Crippen LogP contribution in [-0.2, 0) is 11.3 Å². The van der Waals surface area contributed by atoms with Gasteiger partial charge in [0.05, 0.1) is 28.8 Å². The molecule has 11 heteroatoms. The second kappa shape index (κ2) is 8.03. The number of carbonyl (C=O) groups is 1. The Kier molecular flexibility index (Phi) is 5.32. The van der Waals surface area contributed by atoms with Gasteiger partial charge in [0, 0.05) is 0 Å². The Balaban J connectivity index is 1.28. The van der Waals surface area contributed by atoms with Crippen LogP contribution in [-0.4, -0.2) is 26.8 Å². The van der Waals surface area contributed by atoms with Crippen LogP contribution in [0.2, 0.25) is 0 Å². The average molecular weight is 422 g/mol. The van der Waals surface area contributed by atoms with Crippen LogP contribution in [0.1, 0.15) is 5.76 Å². The van der Waals surface area contributed by atoms with Crippen molar-refractivity contribution in [1.29, 1.82) is 0 Å². The van der Waals surface area contributed by atoms with E-state index in [9.17, 15) is 9.18 Å². The lowest BCUT2D eigenvalue weighted by Crippen LogP contribution is -2.13. The molecule has 3 heterocycles. The first kappa shape index (κ1) is 17.9. The lowest BCUT2D eigenvalue weighted by molar-refractivity contribution is -0.113. The Hall–Kier alpha value is -2.50. The molecule has 0 aliphatic heterocycles. The molecule has 0 aliphatic carbocycles. The number of anilines is 2. The summed E-state index contributed by atoms with van der Waals surface area (Å²) in [6.07, 6.45) is 1.61. The minimum atomic E-state index is -0.327. The maximum absolute atomic E-state index is 13.2. The number of hydrogen-bond donors (Lipinski definition) is 2. The van der Waals surface area contributed by atoms with Crippen LogP contribution in [0.5, 0.6) is 0 Å². The highest BCUT2D eigenvalue weighted by Crippen LogP contribution is 2.28. The van der Waals surface area contributed by atoms with Crippen LogP contribution in [0, 0.1) is 5.82 Å². The van der Waals surface area contributed by atoms with Crippen LogP contribution in [0.3, 0.4) is 0 Å². The third kappa shape index (κ3) is 4.62. The zero-order valence-corrected chi connectivity index (χ0v) is 16.1. The molecule has 0 bridgehead atoms. The number of hydrogen-bond acceptors (Lipinski definition) is 9. The van der Waals surface area contributed by atoms with Gasteiger partial charge in [-0.15, -0.1) is 10.2 Å². The normalized spacial score (nSPS) is 11.0. The molecule has 7 nitrogen and oxygen atoms in total. The summed E-state index contributed by atoms with van der Waals surface area (Å²) in [7, 11) is 0. The molecule has 27 heavy (non-hydrogen) atoms. The SMILES string of the molecule is O=C(CSc1nnc(NCc2ccco2)s1)Nc1nc2ccc(F)cc2s1. The van der Waals surface area contributed by atoms with Gasteiger partial charge in [-0.3, -0.25) is 4.79 Å². The number of thioether (sulfide) groups is 1. The Morgan fingerprint density at radius 1 is 1.22 bits per heavy atom. The van der Waals surface area contributed by atoms with E-state index in [-0.39, 0.29) is 17.5 Å². The summed E-state index contributed by atoms with van der Waals surface area (Å²) in [5.41, 5.74) is 0.653. The van der Waals surface area contributed by atoms with Gasteiger partial charge in [0.1, 0.15) is 11.6 Å². The molecule has 0 atom stereocenters. The van der Waals surface area contributed by atoms with E-state index in [4.69, 9.17) is 4.42 Å². The molecular weight excluding hydrogens is 409 g/mol. The third-order valence-corrected chi connectivity index (χ3v) is 6.27. The molecule has 4 aromatic rings. The fraction of sp³-hybridized carbons (Fsp3) is 0.125. The largest absolute Gasteiger partial charge is 0.467 e. The van der Waals surface area contributed by atoms with Crippen LogP contribution >= 0.6 is 34.4 Å². The summed E-state index contributed by atoms with van der Waals surface area (Å²) in [6, 6.07) is 8.01. The van der Waals surface area contributed by atoms with Crippen molar-refractivity contribution in [2.24, 2.45) is 0 Å². The van der Waals surface area contributed by atoms with E-state index in [1.807, 2.05) is 12.1 Å². The van der Waals surface area contributed by atoms with E-state index >= 15 is 0 Å². The van der Waals surface area contributed by atoms with Crippen LogP contribution < -0.4 is 10.6 Å². The molecule has 1 amide bonds. The maximum Gasteiger partial charge on any atom is 0.236 e. The molecule has 0 aliphatic rings. The third-order valence-electron chi connectivity index (χ3n) is 3.32. The average Bonchev–Trinajstić information content (AvgIpc) is 3.38. The fourth-order valence-corrected chi connectivity index (χ4v) is 4.60. The Morgan fingerprint density at radius 3 is 3.00 bits per heavy atom. The van der Waals surface area contributed by atoms with Crippen LogP contribution in [0.4, 0.5) is 14.7 Å². The van der Waals surface area contributed by atoms with Gasteiger partial charge >= 0.3 is 0 Å². The Bertz CT molecular complexity index is 1060. The number of amides is 1. The molecule has 4 rings (SSSR count). The lowest BCUT2D eigenvalue weighted by Gasteiger charge is -1.99. The summed E-state index contributed by atoms with van der Waals surface area (Å²) in [5.74, 6) is 0.443. The van der Waals surface area contributed by atoms with E-state index < -0.39 is 0 Å². The molecule has 3 aromatic heterocycles. The minimum Gasteiger partial charge on any atom is -0.467 e. The van der Waals surface area contributed by atoms with Gasteiger partial charge in [0.2, 0.25) is 11.0 Å². The predicted molar refractivity (Wildman–Crippen MR) is 105 cm³/mol. The molecule has 0 radical (unpaired) electrons. The topological polar surface area (TPSA) is 92.9 Å². The lowest BCUT2D eigenvalue weighted by atomic mass is 10.3. The number of nitrogens with one attached hydrogen (secondary N) is 2. The van der Waals surface area contributed by atoms with Crippen LogP contribution in [0.25, 0.3) is 10.2 Å². The zero-order chi connectivity index (χ0) is 18.6. The summed E-state index contributed by atoms with van der Waals surface area (Å²) >= 11 is 3.88. The van der Waals surface area contributed by atoms with Crippen molar-refractivity contribution in [2.75, 3.05) is 16.4 Å². The van der Waals surface area contributed by atoms with E-state index in [0.29, 0.717) is 31.4 Å². The van der Waals surface area contributed by atoms with Crippen LogP contribution in [0.15, 0.2) is 45.4 Å². The molecule has 2 N–H and O–H groups in total. The van der Waals surface area contributed by atoms with Crippen molar-refractivity contribution >= 4 is 60.8 Å². The van der Waals surface area contributed by atoms with Crippen molar-refractivity contribution in [3.8, 4) is 0 Å². The van der Waals surface area contributed by atoms with E-state index in [1.165, 1.54) is 46.6 Å². The molecule has 0 saturated carbocycles. The number of nitrogens with zero attached hydrogens (tertiary/aromatic N) is 3. The van der Waals surface area contributed by atoms with Crippen molar-refractivity contribution in [1.82, 2.24) is 15.2 Å². The number of rotatable bonds is 7. The van der Waals surface area contributed by atoms with Gasteiger partial charge < -0.3 is 15.1 Å². The molecule has 0 saturated heterocycles. The van der Waals surface area contributed by atoms with Crippen molar-refractivity contribution in [2.45, 2.75) is 10.9 Å². The standard InChI is InChI=1S/C16H12FN5O2S3/c17-9-3-4-11-12(6-9)26-15(19-11)20-13(23)8-25-16-22-21-14(27-16)18-7-10-2-1-5-24-10/h1-6H,7-8H2,(H,18,21)(H,19,20,23). The second-order valence-corrected chi connectivity index (χ2v) is 8.50. The first-order valence-corrected chi connectivity index (χ1v) is 10.4. The predicted octanol–water partition coefficient (Wildman–Crippen LogP) is 4.22.